The maximum Gasteiger partial charge on any atom is 0.386 e. The van der Waals surface area contributed by atoms with Gasteiger partial charge in [0.2, 0.25) is 5.91 Å². The van der Waals surface area contributed by atoms with Crippen molar-refractivity contribution in [2.45, 2.75) is 46.2 Å². The van der Waals surface area contributed by atoms with Gasteiger partial charge in [-0.05, 0) is 61.2 Å². The number of amides is 1. The van der Waals surface area contributed by atoms with E-state index in [1.165, 1.54) is 17.0 Å². The number of nitrogens with zero attached hydrogens (tertiary/aromatic N) is 4. The van der Waals surface area contributed by atoms with Gasteiger partial charge in [0.05, 0.1) is 7.11 Å². The lowest BCUT2D eigenvalue weighted by Gasteiger charge is -2.37. The summed E-state index contributed by atoms with van der Waals surface area (Å²) in [6.07, 6.45) is 7.75. The SMILES string of the molecule is CC(F)(F)F.COc1ccc(N2CCN(CCCC(=O)N3CCN(C4=CCC=C(C(C)C)C=C4)CC3)CC2)cc1. The molecule has 2 aliphatic heterocycles. The zero-order valence-electron chi connectivity index (χ0n) is 24.4. The molecule has 222 valence electrons. The highest BCUT2D eigenvalue weighted by atomic mass is 19.4. The zero-order chi connectivity index (χ0) is 29.1. The average Bonchev–Trinajstić information content (AvgIpc) is 3.19. The van der Waals surface area contributed by atoms with Gasteiger partial charge in [0, 0.05) is 77.1 Å². The van der Waals surface area contributed by atoms with E-state index in [0.717, 1.165) is 77.5 Å². The van der Waals surface area contributed by atoms with E-state index in [4.69, 9.17) is 4.74 Å². The Hall–Kier alpha value is -2.94. The summed E-state index contributed by atoms with van der Waals surface area (Å²) in [5.41, 5.74) is 3.97. The smallest absolute Gasteiger partial charge is 0.386 e. The quantitative estimate of drug-likeness (QED) is 0.404. The minimum Gasteiger partial charge on any atom is -0.497 e. The number of hydrogen-bond donors (Lipinski definition) is 0. The third-order valence-electron chi connectivity index (χ3n) is 7.47. The summed E-state index contributed by atoms with van der Waals surface area (Å²) >= 11 is 0. The largest absolute Gasteiger partial charge is 0.497 e. The Balaban J connectivity index is 0.000000810. The monoisotopic (exact) mass is 562 g/mol. The van der Waals surface area contributed by atoms with Crippen molar-refractivity contribution >= 4 is 11.6 Å². The van der Waals surface area contributed by atoms with Crippen LogP contribution in [0.2, 0.25) is 0 Å². The second-order valence-corrected chi connectivity index (χ2v) is 10.8. The van der Waals surface area contributed by atoms with Gasteiger partial charge in [-0.2, -0.15) is 13.2 Å². The highest BCUT2D eigenvalue weighted by Crippen LogP contribution is 2.22. The second-order valence-electron chi connectivity index (χ2n) is 10.8. The fourth-order valence-electron chi connectivity index (χ4n) is 5.14. The van der Waals surface area contributed by atoms with Crippen molar-refractivity contribution in [3.8, 4) is 5.75 Å². The third kappa shape index (κ3) is 10.6. The Morgan fingerprint density at radius 2 is 1.50 bits per heavy atom. The number of anilines is 1. The molecule has 2 heterocycles. The maximum absolute atomic E-state index is 12.8. The van der Waals surface area contributed by atoms with Crippen molar-refractivity contribution in [2.75, 3.05) is 70.9 Å². The fourth-order valence-corrected chi connectivity index (χ4v) is 5.14. The van der Waals surface area contributed by atoms with Crippen LogP contribution in [-0.2, 0) is 4.79 Å². The summed E-state index contributed by atoms with van der Waals surface area (Å²) in [5.74, 6) is 1.77. The van der Waals surface area contributed by atoms with Crippen molar-refractivity contribution in [2.24, 2.45) is 5.92 Å². The van der Waals surface area contributed by atoms with E-state index in [2.05, 4.69) is 69.9 Å². The van der Waals surface area contributed by atoms with Gasteiger partial charge in [0.25, 0.3) is 0 Å². The fraction of sp³-hybridized carbons (Fsp3) is 0.581. The number of carbonyl (C=O) groups excluding carboxylic acids is 1. The van der Waals surface area contributed by atoms with Crippen molar-refractivity contribution in [3.63, 3.8) is 0 Å². The zero-order valence-corrected chi connectivity index (χ0v) is 24.4. The van der Waals surface area contributed by atoms with E-state index in [-0.39, 0.29) is 6.92 Å². The van der Waals surface area contributed by atoms with Crippen LogP contribution in [0.15, 0.2) is 59.8 Å². The molecule has 0 spiro atoms. The van der Waals surface area contributed by atoms with Crippen molar-refractivity contribution < 1.29 is 22.7 Å². The van der Waals surface area contributed by atoms with Gasteiger partial charge < -0.3 is 19.4 Å². The van der Waals surface area contributed by atoms with Crippen LogP contribution in [-0.4, -0.2) is 92.8 Å². The normalized spacial score (nSPS) is 18.6. The van der Waals surface area contributed by atoms with E-state index >= 15 is 0 Å². The summed E-state index contributed by atoms with van der Waals surface area (Å²) < 4.78 is 36.3. The third-order valence-corrected chi connectivity index (χ3v) is 7.47. The molecule has 2 saturated heterocycles. The lowest BCUT2D eigenvalue weighted by atomic mass is 10.0. The molecular formula is C31H45F3N4O2. The molecule has 0 atom stereocenters. The second kappa shape index (κ2) is 15.2. The molecule has 9 heteroatoms. The lowest BCUT2D eigenvalue weighted by molar-refractivity contribution is -0.132. The molecule has 6 nitrogen and oxygen atoms in total. The van der Waals surface area contributed by atoms with Crippen LogP contribution < -0.4 is 9.64 Å². The number of halogens is 3. The Morgan fingerprint density at radius 3 is 2.08 bits per heavy atom. The molecule has 1 amide bonds. The summed E-state index contributed by atoms with van der Waals surface area (Å²) in [5, 5.41) is 0. The van der Waals surface area contributed by atoms with Crippen LogP contribution in [0.4, 0.5) is 18.9 Å². The van der Waals surface area contributed by atoms with E-state index < -0.39 is 6.18 Å². The number of alkyl halides is 3. The molecule has 0 radical (unpaired) electrons. The molecule has 1 aliphatic carbocycles. The van der Waals surface area contributed by atoms with E-state index in [1.54, 1.807) is 7.11 Å². The molecule has 0 bridgehead atoms. The van der Waals surface area contributed by atoms with E-state index in [0.29, 0.717) is 18.2 Å². The predicted molar refractivity (Wildman–Crippen MR) is 156 cm³/mol. The van der Waals surface area contributed by atoms with Gasteiger partial charge in [0.1, 0.15) is 5.75 Å². The van der Waals surface area contributed by atoms with Crippen LogP contribution in [0.3, 0.4) is 0 Å². The van der Waals surface area contributed by atoms with Crippen LogP contribution in [0, 0.1) is 5.92 Å². The number of allylic oxidation sites excluding steroid dienone is 5. The van der Waals surface area contributed by atoms with Crippen LogP contribution in [0.5, 0.6) is 5.75 Å². The van der Waals surface area contributed by atoms with Crippen LogP contribution in [0.1, 0.15) is 40.0 Å². The summed E-state index contributed by atoms with van der Waals surface area (Å²) in [6, 6.07) is 8.32. The van der Waals surface area contributed by atoms with E-state index in [1.807, 2.05) is 12.1 Å². The first-order chi connectivity index (χ1) is 19.0. The molecule has 3 aliphatic rings. The van der Waals surface area contributed by atoms with Crippen molar-refractivity contribution in [3.05, 3.63) is 59.8 Å². The van der Waals surface area contributed by atoms with Gasteiger partial charge in [-0.1, -0.05) is 32.1 Å². The number of carbonyl (C=O) groups is 1. The predicted octanol–water partition coefficient (Wildman–Crippen LogP) is 5.74. The Bertz CT molecular complexity index is 1010. The molecular weight excluding hydrogens is 517 g/mol. The van der Waals surface area contributed by atoms with Gasteiger partial charge in [-0.15, -0.1) is 0 Å². The van der Waals surface area contributed by atoms with Gasteiger partial charge in [-0.3, -0.25) is 9.69 Å². The topological polar surface area (TPSA) is 39.3 Å². The summed E-state index contributed by atoms with van der Waals surface area (Å²) in [7, 11) is 1.70. The number of ether oxygens (including phenoxy) is 1. The summed E-state index contributed by atoms with van der Waals surface area (Å²) in [6.45, 7) is 13.3. The Morgan fingerprint density at radius 1 is 0.900 bits per heavy atom. The van der Waals surface area contributed by atoms with Gasteiger partial charge >= 0.3 is 6.18 Å². The van der Waals surface area contributed by atoms with Crippen molar-refractivity contribution in [1.29, 1.82) is 0 Å². The number of piperazine rings is 2. The molecule has 0 saturated carbocycles. The van der Waals surface area contributed by atoms with Gasteiger partial charge in [0.15, 0.2) is 0 Å². The molecule has 0 N–H and O–H groups in total. The first kappa shape index (κ1) is 31.6. The molecule has 1 aromatic carbocycles. The Labute approximate surface area is 237 Å². The molecule has 2 fully saturated rings. The molecule has 40 heavy (non-hydrogen) atoms. The first-order valence-electron chi connectivity index (χ1n) is 14.3. The number of rotatable bonds is 8. The maximum atomic E-state index is 12.8. The first-order valence-corrected chi connectivity index (χ1v) is 14.3. The highest BCUT2D eigenvalue weighted by Gasteiger charge is 2.23. The Kier molecular flexibility index (Phi) is 12.0. The highest BCUT2D eigenvalue weighted by molar-refractivity contribution is 5.76. The minimum absolute atomic E-state index is 0.188. The summed E-state index contributed by atoms with van der Waals surface area (Å²) in [4.78, 5) is 22.2. The molecule has 0 aromatic heterocycles. The molecule has 0 unspecified atom stereocenters. The molecule has 1 aromatic rings. The van der Waals surface area contributed by atoms with Crippen LogP contribution in [0.25, 0.3) is 0 Å². The minimum atomic E-state index is -4.00. The van der Waals surface area contributed by atoms with Gasteiger partial charge in [-0.25, -0.2) is 0 Å². The number of benzene rings is 1. The van der Waals surface area contributed by atoms with Crippen molar-refractivity contribution in [1.82, 2.24) is 14.7 Å². The lowest BCUT2D eigenvalue weighted by Crippen LogP contribution is -2.48. The van der Waals surface area contributed by atoms with Crippen LogP contribution >= 0.6 is 0 Å². The number of methoxy groups -OCH3 is 1. The average molecular weight is 563 g/mol. The van der Waals surface area contributed by atoms with E-state index in [9.17, 15) is 18.0 Å². The standard InChI is InChI=1S/C29H42N4O2.C2H3F3/c1-24(2)25-6-4-7-26(10-9-25)32-20-22-33(23-21-32)29(34)8-5-15-30-16-18-31(19-17-30)27-11-13-28(35-3)14-12-27;1-2(3,4)5/h6-7,9-14,24H,4-5,8,15-23H2,1-3H3;1H3. The number of hydrogen-bond acceptors (Lipinski definition) is 5. The molecule has 4 rings (SSSR count).